The van der Waals surface area contributed by atoms with Gasteiger partial charge in [0.15, 0.2) is 0 Å². The molecule has 2 nitrogen and oxygen atoms in total. The lowest BCUT2D eigenvalue weighted by Gasteiger charge is -2.36. The predicted molar refractivity (Wildman–Crippen MR) is 104 cm³/mol. The van der Waals surface area contributed by atoms with E-state index >= 15 is 0 Å². The summed E-state index contributed by atoms with van der Waals surface area (Å²) < 4.78 is 1.20. The van der Waals surface area contributed by atoms with Crippen LogP contribution in [0, 0.1) is 11.3 Å². The lowest BCUT2D eigenvalue weighted by Crippen LogP contribution is -2.48. The van der Waals surface area contributed by atoms with Crippen LogP contribution in [0.1, 0.15) is 64.0 Å². The lowest BCUT2D eigenvalue weighted by atomic mass is 10.1. The molecule has 2 heteroatoms. The minimum absolute atomic E-state index is 0.735. The molecule has 1 aromatic carbocycles. The van der Waals surface area contributed by atoms with E-state index in [4.69, 9.17) is 5.26 Å². The maximum Gasteiger partial charge on any atom is 0.0991 e. The summed E-state index contributed by atoms with van der Waals surface area (Å²) in [7, 11) is 0. The summed E-state index contributed by atoms with van der Waals surface area (Å²) >= 11 is 0. The third-order valence-corrected chi connectivity index (χ3v) is 5.17. The van der Waals surface area contributed by atoms with E-state index in [9.17, 15) is 0 Å². The number of unbranched alkanes of at least 4 members (excludes halogenated alkanes) is 4. The minimum Gasteiger partial charge on any atom is -0.321 e. The quantitative estimate of drug-likeness (QED) is 0.283. The van der Waals surface area contributed by atoms with E-state index in [2.05, 4.69) is 51.1 Å². The Balaban J connectivity index is 2.44. The van der Waals surface area contributed by atoms with Gasteiger partial charge in [-0.3, -0.25) is 0 Å². The van der Waals surface area contributed by atoms with Gasteiger partial charge in [-0.1, -0.05) is 44.4 Å². The standard InChI is InChI=1S/C22H35N2/c1-4-7-8-9-11-18-24(5-2,6-3)19-12-10-13-21-14-16-22(20-23)17-15-21/h10,12,14-17H,4-9,11,13,18-19H2,1-3H3/q+1. The molecular formula is C22H35N2+. The average Bonchev–Trinajstić information content (AvgIpc) is 2.64. The second kappa shape index (κ2) is 11.9. The Morgan fingerprint density at radius 2 is 1.58 bits per heavy atom. The monoisotopic (exact) mass is 327 g/mol. The molecule has 0 spiro atoms. The van der Waals surface area contributed by atoms with Crippen LogP contribution in [0.25, 0.3) is 0 Å². The van der Waals surface area contributed by atoms with Crippen LogP contribution in [0.15, 0.2) is 36.4 Å². The molecule has 24 heavy (non-hydrogen) atoms. The van der Waals surface area contributed by atoms with Crippen LogP contribution in [-0.2, 0) is 6.42 Å². The summed E-state index contributed by atoms with van der Waals surface area (Å²) in [5, 5.41) is 8.84. The van der Waals surface area contributed by atoms with Gasteiger partial charge in [-0.25, -0.2) is 0 Å². The summed E-state index contributed by atoms with van der Waals surface area (Å²) in [4.78, 5) is 0. The first-order chi connectivity index (χ1) is 11.7. The molecular weight excluding hydrogens is 292 g/mol. The second-order valence-electron chi connectivity index (χ2n) is 6.78. The van der Waals surface area contributed by atoms with Gasteiger partial charge >= 0.3 is 0 Å². The molecule has 0 saturated carbocycles. The number of hydrogen-bond acceptors (Lipinski definition) is 1. The summed E-state index contributed by atoms with van der Waals surface area (Å²) in [6.45, 7) is 11.8. The topological polar surface area (TPSA) is 23.8 Å². The Bertz CT molecular complexity index is 504. The van der Waals surface area contributed by atoms with Crippen LogP contribution < -0.4 is 0 Å². The van der Waals surface area contributed by atoms with E-state index in [0.717, 1.165) is 18.5 Å². The van der Waals surface area contributed by atoms with Gasteiger partial charge in [-0.05, 0) is 56.9 Å². The van der Waals surface area contributed by atoms with E-state index in [1.165, 1.54) is 61.8 Å². The largest absolute Gasteiger partial charge is 0.321 e. The number of likely N-dealkylation sites (N-methyl/N-ethyl adjacent to an activating group) is 1. The van der Waals surface area contributed by atoms with Crippen molar-refractivity contribution in [2.45, 2.75) is 59.3 Å². The van der Waals surface area contributed by atoms with Gasteiger partial charge < -0.3 is 4.48 Å². The van der Waals surface area contributed by atoms with Gasteiger partial charge in [0.05, 0.1) is 37.8 Å². The number of hydrogen-bond donors (Lipinski definition) is 0. The molecule has 0 aliphatic carbocycles. The number of allylic oxidation sites excluding steroid dienone is 1. The van der Waals surface area contributed by atoms with Gasteiger partial charge in [-0.2, -0.15) is 5.26 Å². The maximum absolute atomic E-state index is 8.84. The molecule has 0 fully saturated rings. The average molecular weight is 328 g/mol. The van der Waals surface area contributed by atoms with Crippen molar-refractivity contribution in [2.24, 2.45) is 0 Å². The fraction of sp³-hybridized carbons (Fsp3) is 0.591. The molecule has 0 heterocycles. The van der Waals surface area contributed by atoms with E-state index in [0.29, 0.717) is 0 Å². The second-order valence-corrected chi connectivity index (χ2v) is 6.78. The Morgan fingerprint density at radius 3 is 2.17 bits per heavy atom. The minimum atomic E-state index is 0.735. The molecule has 0 N–H and O–H groups in total. The summed E-state index contributed by atoms with van der Waals surface area (Å²) in [6, 6.07) is 10.1. The number of quaternary nitrogens is 1. The Labute approximate surface area is 149 Å². The zero-order chi connectivity index (χ0) is 17.7. The molecule has 1 rings (SSSR count). The predicted octanol–water partition coefficient (Wildman–Crippen LogP) is 5.48. The van der Waals surface area contributed by atoms with Crippen LogP contribution in [0.2, 0.25) is 0 Å². The normalized spacial score (nSPS) is 11.8. The van der Waals surface area contributed by atoms with Crippen molar-refractivity contribution in [1.29, 1.82) is 5.26 Å². The smallest absolute Gasteiger partial charge is 0.0991 e. The fourth-order valence-corrected chi connectivity index (χ4v) is 3.17. The van der Waals surface area contributed by atoms with Crippen molar-refractivity contribution < 1.29 is 4.48 Å². The number of nitrogens with zero attached hydrogens (tertiary/aromatic N) is 2. The van der Waals surface area contributed by atoms with Gasteiger partial charge in [0.1, 0.15) is 0 Å². The highest BCUT2D eigenvalue weighted by molar-refractivity contribution is 5.32. The number of rotatable bonds is 12. The van der Waals surface area contributed by atoms with Crippen LogP contribution in [0.4, 0.5) is 0 Å². The molecule has 0 aliphatic heterocycles. The third kappa shape index (κ3) is 7.32. The number of nitriles is 1. The van der Waals surface area contributed by atoms with Crippen LogP contribution in [-0.4, -0.2) is 30.7 Å². The van der Waals surface area contributed by atoms with E-state index in [1.54, 1.807) is 0 Å². The zero-order valence-corrected chi connectivity index (χ0v) is 15.9. The first-order valence-corrected chi connectivity index (χ1v) is 9.68. The highest BCUT2D eigenvalue weighted by Crippen LogP contribution is 2.12. The number of benzene rings is 1. The highest BCUT2D eigenvalue weighted by atomic mass is 15.3. The van der Waals surface area contributed by atoms with Gasteiger partial charge in [0.2, 0.25) is 0 Å². The molecule has 0 unspecified atom stereocenters. The van der Waals surface area contributed by atoms with Crippen LogP contribution in [0.3, 0.4) is 0 Å². The molecule has 0 saturated heterocycles. The van der Waals surface area contributed by atoms with Crippen LogP contribution in [0.5, 0.6) is 0 Å². The summed E-state index contributed by atoms with van der Waals surface area (Å²) in [5.74, 6) is 0. The molecule has 0 bridgehead atoms. The fourth-order valence-electron chi connectivity index (χ4n) is 3.17. The molecule has 0 aliphatic rings. The molecule has 0 atom stereocenters. The zero-order valence-electron chi connectivity index (χ0n) is 15.9. The van der Waals surface area contributed by atoms with Gasteiger partial charge in [-0.15, -0.1) is 0 Å². The molecule has 132 valence electrons. The SMILES string of the molecule is CCCCCCC[N+](CC)(CC)CC=CCc1ccc(C#N)cc1. The highest BCUT2D eigenvalue weighted by Gasteiger charge is 2.20. The molecule has 0 aromatic heterocycles. The van der Waals surface area contributed by atoms with Gasteiger partial charge in [0, 0.05) is 0 Å². The summed E-state index contributed by atoms with van der Waals surface area (Å²) in [5.41, 5.74) is 2.01. The molecule has 0 radical (unpaired) electrons. The van der Waals surface area contributed by atoms with Crippen molar-refractivity contribution in [3.05, 3.63) is 47.5 Å². The van der Waals surface area contributed by atoms with E-state index in [1.807, 2.05) is 12.1 Å². The van der Waals surface area contributed by atoms with E-state index in [-0.39, 0.29) is 0 Å². The van der Waals surface area contributed by atoms with Crippen molar-refractivity contribution in [3.8, 4) is 6.07 Å². The lowest BCUT2D eigenvalue weighted by molar-refractivity contribution is -0.919. The first kappa shape index (κ1) is 20.5. The van der Waals surface area contributed by atoms with E-state index < -0.39 is 0 Å². The van der Waals surface area contributed by atoms with Crippen LogP contribution >= 0.6 is 0 Å². The Hall–Kier alpha value is -1.59. The van der Waals surface area contributed by atoms with Crippen molar-refractivity contribution in [2.75, 3.05) is 26.2 Å². The molecule has 0 amide bonds. The maximum atomic E-state index is 8.84. The Kier molecular flexibility index (Phi) is 10.1. The van der Waals surface area contributed by atoms with Crippen molar-refractivity contribution in [1.82, 2.24) is 0 Å². The third-order valence-electron chi connectivity index (χ3n) is 5.17. The van der Waals surface area contributed by atoms with Crippen molar-refractivity contribution >= 4 is 0 Å². The first-order valence-electron chi connectivity index (χ1n) is 9.68. The van der Waals surface area contributed by atoms with Crippen molar-refractivity contribution in [3.63, 3.8) is 0 Å². The van der Waals surface area contributed by atoms with Gasteiger partial charge in [0.25, 0.3) is 0 Å². The Morgan fingerprint density at radius 1 is 0.917 bits per heavy atom. The molecule has 1 aromatic rings. The summed E-state index contributed by atoms with van der Waals surface area (Å²) in [6.07, 6.45) is 12.4.